The van der Waals surface area contributed by atoms with Gasteiger partial charge in [-0.15, -0.1) is 0 Å². The third-order valence-corrected chi connectivity index (χ3v) is 5.12. The lowest BCUT2D eigenvalue weighted by molar-refractivity contribution is -0.162. The summed E-state index contributed by atoms with van der Waals surface area (Å²) in [7, 11) is 0. The smallest absolute Gasteiger partial charge is 0.330 e. The van der Waals surface area contributed by atoms with Crippen LogP contribution in [0.2, 0.25) is 0 Å². The maximum atomic E-state index is 11.9. The van der Waals surface area contributed by atoms with Crippen molar-refractivity contribution in [2.45, 2.75) is 43.8 Å². The molecule has 0 aliphatic carbocycles. The van der Waals surface area contributed by atoms with Crippen molar-refractivity contribution in [2.75, 3.05) is 6.61 Å². The molecule has 1 aliphatic heterocycles. The largest absolute Gasteiger partial charge is 0.393 e. The molecule has 2 rings (SSSR count). The molecule has 1 fully saturated rings. The second-order valence-corrected chi connectivity index (χ2v) is 6.88. The van der Waals surface area contributed by atoms with Gasteiger partial charge in [0.25, 0.3) is 5.56 Å². The first-order chi connectivity index (χ1) is 9.48. The van der Waals surface area contributed by atoms with Crippen molar-refractivity contribution in [1.82, 2.24) is 9.55 Å². The number of nitrogens with one attached hydrogen (secondary N) is 1. The van der Waals surface area contributed by atoms with Crippen molar-refractivity contribution in [2.24, 2.45) is 0 Å². The van der Waals surface area contributed by atoms with Crippen molar-refractivity contribution < 1.29 is 20.1 Å². The first-order valence-corrected chi connectivity index (χ1v) is 7.30. The third-order valence-electron chi connectivity index (χ3n) is 4.35. The van der Waals surface area contributed by atoms with Gasteiger partial charge in [-0.25, -0.2) is 4.79 Å². The zero-order valence-electron chi connectivity index (χ0n) is 11.8. The van der Waals surface area contributed by atoms with Crippen LogP contribution in [-0.4, -0.2) is 48.3 Å². The van der Waals surface area contributed by atoms with Crippen molar-refractivity contribution >= 4 is 22.6 Å². The number of aromatic nitrogens is 2. The van der Waals surface area contributed by atoms with E-state index < -0.39 is 40.9 Å². The van der Waals surface area contributed by atoms with E-state index in [0.717, 1.165) is 4.57 Å². The number of aromatic amines is 1. The number of ether oxygens (including phenoxy) is 1. The number of nitrogens with zero attached hydrogens (tertiary/aromatic N) is 1. The van der Waals surface area contributed by atoms with Gasteiger partial charge < -0.3 is 20.1 Å². The van der Waals surface area contributed by atoms with E-state index in [2.05, 4.69) is 4.98 Å². The van der Waals surface area contributed by atoms with Gasteiger partial charge in [0, 0.05) is 6.20 Å². The predicted molar refractivity (Wildman–Crippen MR) is 80.9 cm³/mol. The second kappa shape index (κ2) is 4.88. The van der Waals surface area contributed by atoms with Crippen LogP contribution < -0.4 is 11.2 Å². The van der Waals surface area contributed by atoms with Crippen molar-refractivity contribution in [3.63, 3.8) is 0 Å². The number of hydrogen-bond donors (Lipinski definition) is 4. The van der Waals surface area contributed by atoms with Gasteiger partial charge in [0.2, 0.25) is 0 Å². The second-order valence-electron chi connectivity index (χ2n) is 5.72. The number of halogens is 1. The van der Waals surface area contributed by atoms with Crippen LogP contribution in [0.5, 0.6) is 0 Å². The molecule has 0 amide bonds. The molecular weight excluding hydrogens is 395 g/mol. The van der Waals surface area contributed by atoms with Crippen molar-refractivity contribution in [1.29, 1.82) is 0 Å². The van der Waals surface area contributed by atoms with Crippen LogP contribution in [0.3, 0.4) is 0 Å². The molecule has 0 saturated carbocycles. The molecule has 118 valence electrons. The summed E-state index contributed by atoms with van der Waals surface area (Å²) in [4.78, 5) is 25.5. The lowest BCUT2D eigenvalue weighted by Crippen LogP contribution is -2.60. The van der Waals surface area contributed by atoms with E-state index in [1.807, 2.05) is 0 Å². The number of rotatable bonds is 2. The Balaban J connectivity index is 2.64. The van der Waals surface area contributed by atoms with Gasteiger partial charge >= 0.3 is 5.69 Å². The molecule has 8 nitrogen and oxygen atoms in total. The average molecular weight is 412 g/mol. The fourth-order valence-electron chi connectivity index (χ4n) is 2.41. The molecule has 1 aromatic rings. The van der Waals surface area contributed by atoms with Crippen LogP contribution in [0.4, 0.5) is 0 Å². The van der Waals surface area contributed by atoms with Gasteiger partial charge in [-0.05, 0) is 43.4 Å². The molecule has 1 aliphatic rings. The Morgan fingerprint density at radius 3 is 2.43 bits per heavy atom. The Morgan fingerprint density at radius 1 is 1.38 bits per heavy atom. The van der Waals surface area contributed by atoms with Crippen LogP contribution in [-0.2, 0) is 4.74 Å². The molecule has 0 bridgehead atoms. The highest BCUT2D eigenvalue weighted by Crippen LogP contribution is 2.50. The first kappa shape index (κ1) is 16.6. The lowest BCUT2D eigenvalue weighted by Gasteiger charge is -2.39. The molecule has 2 heterocycles. The van der Waals surface area contributed by atoms with Gasteiger partial charge in [0.05, 0.1) is 10.2 Å². The summed E-state index contributed by atoms with van der Waals surface area (Å²) in [6.07, 6.45) is -0.0254. The Morgan fingerprint density at radius 2 is 1.95 bits per heavy atom. The summed E-state index contributed by atoms with van der Waals surface area (Å²) in [5, 5.41) is 30.7. The summed E-state index contributed by atoms with van der Waals surface area (Å²) in [6, 6.07) is 0. The van der Waals surface area contributed by atoms with Gasteiger partial charge in [0.1, 0.15) is 16.8 Å². The SMILES string of the molecule is CC1(O)[C@H](n2cc(I)c(=O)[nH]c2=O)O[C@@](C)(CO)[C@]1(C)O. The summed E-state index contributed by atoms with van der Waals surface area (Å²) < 4.78 is 6.80. The molecule has 21 heavy (non-hydrogen) atoms. The minimum Gasteiger partial charge on any atom is -0.393 e. The normalized spacial score (nSPS) is 39.7. The quantitative estimate of drug-likeness (QED) is 0.459. The number of aliphatic hydroxyl groups is 3. The molecule has 4 atom stereocenters. The van der Waals surface area contributed by atoms with Crippen LogP contribution in [0, 0.1) is 3.57 Å². The van der Waals surface area contributed by atoms with E-state index in [1.165, 1.54) is 27.0 Å². The highest BCUT2D eigenvalue weighted by Gasteiger charge is 2.67. The van der Waals surface area contributed by atoms with Gasteiger partial charge in [-0.2, -0.15) is 0 Å². The van der Waals surface area contributed by atoms with E-state index >= 15 is 0 Å². The maximum absolute atomic E-state index is 11.9. The molecule has 4 N–H and O–H groups in total. The Hall–Kier alpha value is -0.750. The first-order valence-electron chi connectivity index (χ1n) is 6.22. The minimum absolute atomic E-state index is 0.226. The Labute approximate surface area is 133 Å². The summed E-state index contributed by atoms with van der Waals surface area (Å²) in [5.41, 5.74) is -6.48. The summed E-state index contributed by atoms with van der Waals surface area (Å²) in [6.45, 7) is 3.51. The van der Waals surface area contributed by atoms with Crippen LogP contribution in [0.25, 0.3) is 0 Å². The summed E-state index contributed by atoms with van der Waals surface area (Å²) >= 11 is 1.74. The molecule has 9 heteroatoms. The number of aliphatic hydroxyl groups excluding tert-OH is 1. The topological polar surface area (TPSA) is 125 Å². The van der Waals surface area contributed by atoms with Crippen molar-refractivity contribution in [3.05, 3.63) is 30.6 Å². The molecular formula is C12H17IN2O6. The zero-order chi connectivity index (χ0) is 16.2. The highest BCUT2D eigenvalue weighted by molar-refractivity contribution is 14.1. The minimum atomic E-state index is -1.87. The Kier molecular flexibility index (Phi) is 3.86. The van der Waals surface area contributed by atoms with Crippen LogP contribution >= 0.6 is 22.6 Å². The van der Waals surface area contributed by atoms with E-state index in [1.54, 1.807) is 22.6 Å². The maximum Gasteiger partial charge on any atom is 0.330 e. The monoisotopic (exact) mass is 412 g/mol. The van der Waals surface area contributed by atoms with Gasteiger partial charge in [-0.3, -0.25) is 14.3 Å². The summed E-state index contributed by atoms with van der Waals surface area (Å²) in [5.74, 6) is 0. The molecule has 0 aromatic carbocycles. The van der Waals surface area contributed by atoms with E-state index in [0.29, 0.717) is 0 Å². The molecule has 1 unspecified atom stereocenters. The third kappa shape index (κ3) is 2.18. The fraction of sp³-hybridized carbons (Fsp3) is 0.667. The van der Waals surface area contributed by atoms with E-state index in [9.17, 15) is 24.9 Å². The van der Waals surface area contributed by atoms with Gasteiger partial charge in [-0.1, -0.05) is 0 Å². The Bertz CT molecular complexity index is 679. The number of hydrogen-bond acceptors (Lipinski definition) is 6. The molecule has 0 spiro atoms. The standard InChI is InChI=1S/C12H17IN2O6/c1-10(5-16)12(3,20)11(2,19)8(21-10)15-4-6(13)7(17)14-9(15)18/h4,8,16,19-20H,5H2,1-3H3,(H,14,17,18)/t8-,10+,11?,12+/m1/s1. The highest BCUT2D eigenvalue weighted by atomic mass is 127. The zero-order valence-corrected chi connectivity index (χ0v) is 13.9. The predicted octanol–water partition coefficient (Wildman–Crippen LogP) is -1.08. The molecule has 1 saturated heterocycles. The lowest BCUT2D eigenvalue weighted by atomic mass is 9.76. The van der Waals surface area contributed by atoms with Crippen LogP contribution in [0.15, 0.2) is 15.8 Å². The van der Waals surface area contributed by atoms with Gasteiger partial charge in [0.15, 0.2) is 6.23 Å². The van der Waals surface area contributed by atoms with E-state index in [-0.39, 0.29) is 3.57 Å². The molecule has 1 aromatic heterocycles. The number of H-pyrrole nitrogens is 1. The van der Waals surface area contributed by atoms with Crippen LogP contribution in [0.1, 0.15) is 27.0 Å². The molecule has 0 radical (unpaired) electrons. The van der Waals surface area contributed by atoms with Crippen molar-refractivity contribution in [3.8, 4) is 0 Å². The van der Waals surface area contributed by atoms with E-state index in [4.69, 9.17) is 4.74 Å². The average Bonchev–Trinajstić information content (AvgIpc) is 2.52. The fourth-order valence-corrected chi connectivity index (χ4v) is 2.84.